The Morgan fingerprint density at radius 2 is 2.24 bits per heavy atom. The van der Waals surface area contributed by atoms with Crippen molar-refractivity contribution in [2.75, 3.05) is 17.2 Å². The highest BCUT2D eigenvalue weighted by molar-refractivity contribution is 7.99. The molecule has 0 aromatic heterocycles. The van der Waals surface area contributed by atoms with Crippen LogP contribution in [-0.2, 0) is 0 Å². The molecule has 1 aromatic rings. The van der Waals surface area contributed by atoms with Crippen LogP contribution < -0.4 is 11.1 Å². The van der Waals surface area contributed by atoms with Crippen LogP contribution in [0, 0.1) is 10.1 Å². The van der Waals surface area contributed by atoms with Crippen LogP contribution in [0.2, 0.25) is 5.02 Å². The average Bonchev–Trinajstić information content (AvgIpc) is 2.41. The van der Waals surface area contributed by atoms with Crippen molar-refractivity contribution in [3.63, 3.8) is 0 Å². The van der Waals surface area contributed by atoms with E-state index in [2.05, 4.69) is 12.2 Å². The van der Waals surface area contributed by atoms with Crippen molar-refractivity contribution < 1.29 is 9.72 Å². The minimum Gasteiger partial charge on any atom is -0.397 e. The van der Waals surface area contributed by atoms with E-state index in [4.69, 9.17) is 17.3 Å². The molecule has 3 N–H and O–H groups in total. The van der Waals surface area contributed by atoms with Gasteiger partial charge in [0.05, 0.1) is 21.2 Å². The first-order valence-electron chi connectivity index (χ1n) is 6.48. The molecule has 0 fully saturated rings. The SMILES string of the molecule is CCSCCC(C)NC(=O)c1cc([N+](=O)[O-])cc(Cl)c1N. The van der Waals surface area contributed by atoms with Gasteiger partial charge in [0.15, 0.2) is 0 Å². The number of carbonyl (C=O) groups is 1. The molecular formula is C13H18ClN3O3S. The fourth-order valence-corrected chi connectivity index (χ4v) is 2.70. The number of rotatable bonds is 7. The lowest BCUT2D eigenvalue weighted by atomic mass is 10.1. The van der Waals surface area contributed by atoms with E-state index >= 15 is 0 Å². The molecule has 21 heavy (non-hydrogen) atoms. The summed E-state index contributed by atoms with van der Waals surface area (Å²) in [5.41, 5.74) is 5.56. The lowest BCUT2D eigenvalue weighted by Gasteiger charge is -2.14. The maximum atomic E-state index is 12.2. The Bertz CT molecular complexity index is 540. The Hall–Kier alpha value is -1.47. The number of non-ortho nitro benzene ring substituents is 1. The highest BCUT2D eigenvalue weighted by atomic mass is 35.5. The third-order valence-corrected chi connectivity index (χ3v) is 4.09. The summed E-state index contributed by atoms with van der Waals surface area (Å²) in [5, 5.41) is 13.6. The van der Waals surface area contributed by atoms with Gasteiger partial charge in [0.2, 0.25) is 0 Å². The third-order valence-electron chi connectivity index (χ3n) is 2.85. The standard InChI is InChI=1S/C13H18ClN3O3S/c1-3-21-5-4-8(2)16-13(18)10-6-9(17(19)20)7-11(14)12(10)15/h6-8H,3-5,15H2,1-2H3,(H,16,18). The number of carbonyl (C=O) groups excluding carboxylic acids is 1. The topological polar surface area (TPSA) is 98.3 Å². The molecule has 0 saturated carbocycles. The van der Waals surface area contributed by atoms with Crippen LogP contribution in [0.5, 0.6) is 0 Å². The second-order valence-corrected chi connectivity index (χ2v) is 6.31. The summed E-state index contributed by atoms with van der Waals surface area (Å²) in [5.74, 6) is 1.50. The second-order valence-electron chi connectivity index (χ2n) is 4.51. The Morgan fingerprint density at radius 3 is 2.81 bits per heavy atom. The number of nitrogens with two attached hydrogens (primary N) is 1. The quantitative estimate of drug-likeness (QED) is 0.346. The monoisotopic (exact) mass is 331 g/mol. The average molecular weight is 332 g/mol. The number of hydrogen-bond acceptors (Lipinski definition) is 5. The van der Waals surface area contributed by atoms with Crippen LogP contribution in [0.3, 0.4) is 0 Å². The molecule has 0 radical (unpaired) electrons. The first-order valence-corrected chi connectivity index (χ1v) is 8.02. The van der Waals surface area contributed by atoms with Crippen molar-refractivity contribution in [2.24, 2.45) is 0 Å². The molecule has 8 heteroatoms. The highest BCUT2D eigenvalue weighted by Gasteiger charge is 2.19. The first-order chi connectivity index (χ1) is 9.86. The molecule has 1 atom stereocenters. The molecule has 116 valence electrons. The van der Waals surface area contributed by atoms with E-state index in [1.54, 1.807) is 11.8 Å². The van der Waals surface area contributed by atoms with Gasteiger partial charge in [0, 0.05) is 18.2 Å². The van der Waals surface area contributed by atoms with Gasteiger partial charge in [-0.05, 0) is 24.9 Å². The first kappa shape index (κ1) is 17.6. The van der Waals surface area contributed by atoms with Crippen LogP contribution >= 0.6 is 23.4 Å². The zero-order chi connectivity index (χ0) is 16.0. The summed E-state index contributed by atoms with van der Waals surface area (Å²) < 4.78 is 0. The van der Waals surface area contributed by atoms with Crippen molar-refractivity contribution >= 4 is 40.6 Å². The fourth-order valence-electron chi connectivity index (χ4n) is 1.67. The van der Waals surface area contributed by atoms with Gasteiger partial charge < -0.3 is 11.1 Å². The number of nitrogen functional groups attached to an aromatic ring is 1. The van der Waals surface area contributed by atoms with Crippen molar-refractivity contribution in [2.45, 2.75) is 26.3 Å². The lowest BCUT2D eigenvalue weighted by Crippen LogP contribution is -2.33. The molecule has 0 aliphatic heterocycles. The number of nitro groups is 1. The third kappa shape index (κ3) is 5.09. The summed E-state index contributed by atoms with van der Waals surface area (Å²) in [6.07, 6.45) is 0.812. The Kier molecular flexibility index (Phi) is 6.77. The summed E-state index contributed by atoms with van der Waals surface area (Å²) in [4.78, 5) is 22.4. The fraction of sp³-hybridized carbons (Fsp3) is 0.462. The van der Waals surface area contributed by atoms with E-state index in [0.717, 1.165) is 30.1 Å². The van der Waals surface area contributed by atoms with Crippen molar-refractivity contribution in [3.05, 3.63) is 32.8 Å². The number of anilines is 1. The van der Waals surface area contributed by atoms with Gasteiger partial charge in [0.25, 0.3) is 11.6 Å². The number of nitro benzene ring substituents is 1. The number of hydrogen-bond donors (Lipinski definition) is 2. The molecule has 0 aliphatic rings. The van der Waals surface area contributed by atoms with E-state index in [-0.39, 0.29) is 28.0 Å². The van der Waals surface area contributed by atoms with Gasteiger partial charge in [0.1, 0.15) is 0 Å². The molecule has 0 bridgehead atoms. The number of halogens is 1. The molecular weight excluding hydrogens is 314 g/mol. The predicted octanol–water partition coefficient (Wildman–Crippen LogP) is 3.09. The van der Waals surface area contributed by atoms with Gasteiger partial charge in [-0.25, -0.2) is 0 Å². The number of benzene rings is 1. The maximum Gasteiger partial charge on any atom is 0.271 e. The summed E-state index contributed by atoms with van der Waals surface area (Å²) >= 11 is 7.62. The van der Waals surface area contributed by atoms with Crippen molar-refractivity contribution in [3.8, 4) is 0 Å². The molecule has 6 nitrogen and oxygen atoms in total. The van der Waals surface area contributed by atoms with E-state index in [9.17, 15) is 14.9 Å². The largest absolute Gasteiger partial charge is 0.397 e. The molecule has 0 heterocycles. The number of thioether (sulfide) groups is 1. The minimum absolute atomic E-state index is 0.00328. The van der Waals surface area contributed by atoms with Gasteiger partial charge in [-0.2, -0.15) is 11.8 Å². The highest BCUT2D eigenvalue weighted by Crippen LogP contribution is 2.28. The molecule has 0 spiro atoms. The van der Waals surface area contributed by atoms with Crippen LogP contribution in [0.1, 0.15) is 30.6 Å². The van der Waals surface area contributed by atoms with E-state index < -0.39 is 10.8 Å². The van der Waals surface area contributed by atoms with Gasteiger partial charge in [-0.3, -0.25) is 14.9 Å². The molecule has 0 saturated heterocycles. The van der Waals surface area contributed by atoms with Gasteiger partial charge in [-0.15, -0.1) is 0 Å². The van der Waals surface area contributed by atoms with Crippen LogP contribution in [0.15, 0.2) is 12.1 Å². The van der Waals surface area contributed by atoms with E-state index in [0.29, 0.717) is 0 Å². The van der Waals surface area contributed by atoms with Gasteiger partial charge in [-0.1, -0.05) is 18.5 Å². The molecule has 1 unspecified atom stereocenters. The van der Waals surface area contributed by atoms with Crippen LogP contribution in [0.25, 0.3) is 0 Å². The van der Waals surface area contributed by atoms with Crippen LogP contribution in [-0.4, -0.2) is 28.4 Å². The summed E-state index contributed by atoms with van der Waals surface area (Å²) in [7, 11) is 0. The predicted molar refractivity (Wildman–Crippen MR) is 87.1 cm³/mol. The molecule has 1 rings (SSSR count). The number of amides is 1. The lowest BCUT2D eigenvalue weighted by molar-refractivity contribution is -0.384. The zero-order valence-electron chi connectivity index (χ0n) is 11.9. The minimum atomic E-state index is -0.608. The van der Waals surface area contributed by atoms with Crippen molar-refractivity contribution in [1.82, 2.24) is 5.32 Å². The smallest absolute Gasteiger partial charge is 0.271 e. The van der Waals surface area contributed by atoms with Crippen LogP contribution in [0.4, 0.5) is 11.4 Å². The summed E-state index contributed by atoms with van der Waals surface area (Å²) in [6.45, 7) is 3.95. The molecule has 1 aromatic carbocycles. The number of nitrogens with zero attached hydrogens (tertiary/aromatic N) is 1. The van der Waals surface area contributed by atoms with E-state index in [1.165, 1.54) is 0 Å². The Morgan fingerprint density at radius 1 is 1.57 bits per heavy atom. The van der Waals surface area contributed by atoms with Crippen molar-refractivity contribution in [1.29, 1.82) is 0 Å². The number of nitrogens with one attached hydrogen (secondary N) is 1. The normalized spacial score (nSPS) is 12.0. The zero-order valence-corrected chi connectivity index (χ0v) is 13.5. The molecule has 1 amide bonds. The Labute approximate surface area is 132 Å². The molecule has 0 aliphatic carbocycles. The van der Waals surface area contributed by atoms with E-state index in [1.807, 2.05) is 6.92 Å². The Balaban J connectivity index is 2.84. The maximum absolute atomic E-state index is 12.2. The summed E-state index contributed by atoms with van der Waals surface area (Å²) in [6, 6.07) is 2.23. The second kappa shape index (κ2) is 8.09. The van der Waals surface area contributed by atoms with Gasteiger partial charge >= 0.3 is 0 Å².